The topological polar surface area (TPSA) is 15.3 Å². The number of nitrogens with zero attached hydrogens (tertiary/aromatic N) is 1. The molecule has 1 aliphatic heterocycles. The van der Waals surface area contributed by atoms with Crippen LogP contribution in [0.4, 0.5) is 0 Å². The van der Waals surface area contributed by atoms with Gasteiger partial charge in [0.15, 0.2) is 0 Å². The van der Waals surface area contributed by atoms with E-state index in [1.165, 1.54) is 31.9 Å². The first-order chi connectivity index (χ1) is 5.41. The van der Waals surface area contributed by atoms with Gasteiger partial charge in [0, 0.05) is 5.88 Å². The van der Waals surface area contributed by atoms with E-state index in [0.717, 1.165) is 0 Å². The maximum absolute atomic E-state index is 3.54. The van der Waals surface area contributed by atoms with Crippen molar-refractivity contribution in [1.29, 1.82) is 0 Å². The third-order valence-electron chi connectivity index (χ3n) is 2.91. The van der Waals surface area contributed by atoms with E-state index in [9.17, 15) is 0 Å². The average molecular weight is 190 g/mol. The van der Waals surface area contributed by atoms with Gasteiger partial charge in [0.1, 0.15) is 0 Å². The Balaban J connectivity index is 2.28. The number of hydrogen-bond acceptors (Lipinski definition) is 2. The lowest BCUT2D eigenvalue weighted by Gasteiger charge is -2.52. The van der Waals surface area contributed by atoms with Crippen molar-refractivity contribution >= 4 is 16.6 Å². The van der Waals surface area contributed by atoms with E-state index in [2.05, 4.69) is 36.0 Å². The minimum absolute atomic E-state index is 1.21. The molecule has 0 amide bonds. The first-order valence-corrected chi connectivity index (χ1v) is 8.84. The Kier molecular flexibility index (Phi) is 2.81. The van der Waals surface area contributed by atoms with Gasteiger partial charge in [0.2, 0.25) is 7.41 Å². The van der Waals surface area contributed by atoms with Gasteiger partial charge < -0.3 is 0 Å². The lowest BCUT2D eigenvalue weighted by molar-refractivity contribution is 0.328. The maximum Gasteiger partial charge on any atom is 0.224 e. The molecule has 1 rings (SSSR count). The second kappa shape index (κ2) is 3.24. The number of rotatable bonds is 4. The van der Waals surface area contributed by atoms with Crippen molar-refractivity contribution in [2.45, 2.75) is 13.2 Å². The van der Waals surface area contributed by atoms with Gasteiger partial charge in [-0.1, -0.05) is 6.92 Å². The Morgan fingerprint density at radius 2 is 2.00 bits per heavy atom. The van der Waals surface area contributed by atoms with Crippen molar-refractivity contribution in [2.24, 2.45) is 0 Å². The highest BCUT2D eigenvalue weighted by atomic mass is 32.3. The van der Waals surface area contributed by atoms with E-state index in [0.29, 0.717) is 0 Å². The summed E-state index contributed by atoms with van der Waals surface area (Å²) in [4.78, 5) is 2.34. The molecule has 0 aromatic rings. The van der Waals surface area contributed by atoms with Crippen LogP contribution in [0, 0.1) is 0 Å². The highest BCUT2D eigenvalue weighted by Gasteiger charge is 2.25. The summed E-state index contributed by atoms with van der Waals surface area (Å²) in [6.45, 7) is 3.56. The third-order valence-corrected chi connectivity index (χ3v) is 6.57. The summed E-state index contributed by atoms with van der Waals surface area (Å²) in [7, 11) is -0.0875. The zero-order chi connectivity index (χ0) is 9.27. The molecule has 1 heterocycles. The zero-order valence-electron chi connectivity index (χ0n) is 8.93. The lowest BCUT2D eigenvalue weighted by Crippen LogP contribution is -2.52. The van der Waals surface area contributed by atoms with Gasteiger partial charge in [-0.05, 0) is 37.4 Å². The maximum atomic E-state index is 3.54. The molecule has 0 spiro atoms. The van der Waals surface area contributed by atoms with Crippen molar-refractivity contribution < 1.29 is 0 Å². The highest BCUT2D eigenvalue weighted by molar-refractivity contribution is 8.48. The van der Waals surface area contributed by atoms with Crippen LogP contribution in [0.1, 0.15) is 6.92 Å². The van der Waals surface area contributed by atoms with Gasteiger partial charge in [-0.3, -0.25) is 19.5 Å². The Morgan fingerprint density at radius 1 is 1.42 bits per heavy atom. The van der Waals surface area contributed by atoms with E-state index < -0.39 is 9.16 Å². The van der Waals surface area contributed by atoms with E-state index in [1.807, 2.05) is 0 Å². The Morgan fingerprint density at radius 3 is 2.33 bits per heavy atom. The van der Waals surface area contributed by atoms with Gasteiger partial charge in [0.05, 0.1) is 0 Å². The number of thiol groups is 1. The molecule has 0 aliphatic carbocycles. The van der Waals surface area contributed by atoms with Crippen LogP contribution in [-0.4, -0.2) is 49.3 Å². The summed E-state index contributed by atoms with van der Waals surface area (Å²) >= 11 is 0. The van der Waals surface area contributed by atoms with E-state index in [1.54, 1.807) is 0 Å². The van der Waals surface area contributed by atoms with Crippen LogP contribution in [0.25, 0.3) is 0 Å². The van der Waals surface area contributed by atoms with Crippen LogP contribution in [0.3, 0.4) is 0 Å². The molecule has 1 aliphatic rings. The molecule has 0 bridgehead atoms. The lowest BCUT2D eigenvalue weighted by atomic mass is 9.79. The van der Waals surface area contributed by atoms with E-state index in [4.69, 9.17) is 0 Å². The Labute approximate surface area is 77.6 Å². The van der Waals surface area contributed by atoms with Crippen LogP contribution in [0.15, 0.2) is 0 Å². The molecule has 0 unspecified atom stereocenters. The fourth-order valence-electron chi connectivity index (χ4n) is 0.948. The molecule has 0 aromatic heterocycles. The smallest absolute Gasteiger partial charge is 0.224 e. The van der Waals surface area contributed by atoms with Crippen LogP contribution < -0.4 is 5.43 Å². The van der Waals surface area contributed by atoms with Crippen LogP contribution in [-0.2, 0) is 0 Å². The quantitative estimate of drug-likeness (QED) is 0.496. The molecule has 2 nitrogen and oxygen atoms in total. The standard InChI is InChI=1S/C8H23BN2S/c1-5-12(2,3,4)8-10-11-7-6-9-11/h9-10,12H,5-8H2,1-4H3. The van der Waals surface area contributed by atoms with E-state index >= 15 is 0 Å². The zero-order valence-corrected chi connectivity index (χ0v) is 9.82. The third kappa shape index (κ3) is 3.00. The highest BCUT2D eigenvalue weighted by Crippen LogP contribution is 2.57. The molecule has 12 heavy (non-hydrogen) atoms. The van der Waals surface area contributed by atoms with Crippen molar-refractivity contribution in [2.75, 3.05) is 36.9 Å². The van der Waals surface area contributed by atoms with Crippen molar-refractivity contribution in [3.05, 3.63) is 0 Å². The predicted octanol–water partition coefficient (Wildman–Crippen LogP) is 0.516. The van der Waals surface area contributed by atoms with Gasteiger partial charge >= 0.3 is 0 Å². The van der Waals surface area contributed by atoms with Crippen LogP contribution >= 0.6 is 9.16 Å². The van der Waals surface area contributed by atoms with Crippen molar-refractivity contribution in [3.8, 4) is 0 Å². The number of nitrogens with one attached hydrogen (secondary N) is 1. The predicted molar refractivity (Wildman–Crippen MR) is 64.0 cm³/mol. The average Bonchev–Trinajstić information content (AvgIpc) is 1.83. The first-order valence-electron chi connectivity index (χ1n) is 4.89. The molecule has 4 heteroatoms. The normalized spacial score (nSPS) is 22.2. The molecule has 1 N–H and O–H groups in total. The summed E-state index contributed by atoms with van der Waals surface area (Å²) in [5, 5.41) is 0. The van der Waals surface area contributed by atoms with Crippen LogP contribution in [0.2, 0.25) is 6.32 Å². The summed E-state index contributed by atoms with van der Waals surface area (Å²) in [6, 6.07) is 0. The molecule has 1 fully saturated rings. The second-order valence-electron chi connectivity index (χ2n) is 5.44. The molecule has 0 radical (unpaired) electrons. The van der Waals surface area contributed by atoms with Gasteiger partial charge in [0.25, 0.3) is 0 Å². The molecular formula is C8H23BN2S. The monoisotopic (exact) mass is 190 g/mol. The minimum atomic E-state index is -1.33. The first kappa shape index (κ1) is 10.4. The van der Waals surface area contributed by atoms with Gasteiger partial charge in [-0.25, -0.2) is 0 Å². The fourth-order valence-corrected chi connectivity index (χ4v) is 1.90. The largest absolute Gasteiger partial charge is 0.288 e. The second-order valence-corrected chi connectivity index (χ2v) is 13.3. The molecular weight excluding hydrogens is 167 g/mol. The summed E-state index contributed by atoms with van der Waals surface area (Å²) < 4.78 is 0. The molecule has 0 aromatic carbocycles. The molecule has 74 valence electrons. The Bertz CT molecular complexity index is 160. The molecule has 0 saturated carbocycles. The summed E-state index contributed by atoms with van der Waals surface area (Å²) in [6.07, 6.45) is 8.74. The SMILES string of the molecule is CC[SH](C)(C)(C)CNN1BCC1. The Hall–Kier alpha value is 0.335. The van der Waals surface area contributed by atoms with Crippen LogP contribution in [0.5, 0.6) is 0 Å². The summed E-state index contributed by atoms with van der Waals surface area (Å²) in [5.41, 5.74) is 3.54. The number of hydrogen-bond donors (Lipinski definition) is 2. The van der Waals surface area contributed by atoms with Gasteiger partial charge in [-0.2, -0.15) is 0 Å². The minimum Gasteiger partial charge on any atom is -0.288 e. The molecule has 1 saturated heterocycles. The molecule has 0 atom stereocenters. The van der Waals surface area contributed by atoms with Crippen molar-refractivity contribution in [1.82, 2.24) is 10.3 Å². The van der Waals surface area contributed by atoms with Gasteiger partial charge in [-0.15, -0.1) is 0 Å². The summed E-state index contributed by atoms with van der Waals surface area (Å²) in [5.74, 6) is 2.55. The number of hydrazine groups is 1. The van der Waals surface area contributed by atoms with E-state index in [-0.39, 0.29) is 0 Å². The fraction of sp³-hybridized carbons (Fsp3) is 1.00. The van der Waals surface area contributed by atoms with Crippen molar-refractivity contribution in [3.63, 3.8) is 0 Å².